The van der Waals surface area contributed by atoms with E-state index in [0.29, 0.717) is 22.6 Å². The fraction of sp³-hybridized carbons (Fsp3) is 0.231. The highest BCUT2D eigenvalue weighted by molar-refractivity contribution is 6.30. The zero-order valence-electron chi connectivity index (χ0n) is 17.6. The van der Waals surface area contributed by atoms with Crippen molar-refractivity contribution in [2.45, 2.75) is 37.8 Å². The van der Waals surface area contributed by atoms with Gasteiger partial charge in [-0.1, -0.05) is 29.8 Å². The summed E-state index contributed by atoms with van der Waals surface area (Å²) >= 11 is 5.94. The number of furan rings is 1. The van der Waals surface area contributed by atoms with Gasteiger partial charge in [-0.25, -0.2) is 4.98 Å². The summed E-state index contributed by atoms with van der Waals surface area (Å²) < 4.78 is 5.77. The number of nitrogens with one attached hydrogen (secondary N) is 2. The molecule has 4 aromatic rings. The number of amides is 1. The average Bonchev–Trinajstić information content (AvgIpc) is 3.31. The van der Waals surface area contributed by atoms with Crippen LogP contribution in [0.15, 0.2) is 77.2 Å². The number of anilines is 1. The van der Waals surface area contributed by atoms with E-state index in [1.54, 1.807) is 18.2 Å². The Balaban J connectivity index is 1.14. The van der Waals surface area contributed by atoms with E-state index in [0.717, 1.165) is 48.0 Å². The minimum absolute atomic E-state index is 0.147. The Morgan fingerprint density at radius 3 is 2.44 bits per heavy atom. The molecule has 1 aliphatic carbocycles. The second-order valence-corrected chi connectivity index (χ2v) is 8.66. The van der Waals surface area contributed by atoms with Crippen LogP contribution in [0.1, 0.15) is 36.2 Å². The van der Waals surface area contributed by atoms with Crippen LogP contribution in [0.25, 0.3) is 22.2 Å². The molecule has 2 N–H and O–H groups in total. The average molecular weight is 446 g/mol. The molecule has 6 heteroatoms. The summed E-state index contributed by atoms with van der Waals surface area (Å²) in [6.07, 6.45) is 3.80. The van der Waals surface area contributed by atoms with Crippen LogP contribution >= 0.6 is 11.6 Å². The quantitative estimate of drug-likeness (QED) is 0.378. The first-order valence-electron chi connectivity index (χ1n) is 10.9. The lowest BCUT2D eigenvalue weighted by Gasteiger charge is -2.29. The summed E-state index contributed by atoms with van der Waals surface area (Å²) in [5.74, 6) is 1.72. The Labute approximate surface area is 191 Å². The van der Waals surface area contributed by atoms with Gasteiger partial charge in [-0.2, -0.15) is 0 Å². The number of fused-ring (bicyclic) bond motifs is 1. The number of carbonyl (C=O) groups excluding carboxylic acids is 1. The summed E-state index contributed by atoms with van der Waals surface area (Å²) in [4.78, 5) is 17.4. The van der Waals surface area contributed by atoms with Crippen LogP contribution in [0.3, 0.4) is 0 Å². The van der Waals surface area contributed by atoms with Crippen LogP contribution < -0.4 is 10.6 Å². The van der Waals surface area contributed by atoms with Crippen molar-refractivity contribution in [1.29, 1.82) is 0 Å². The molecule has 2 heterocycles. The maximum Gasteiger partial charge on any atom is 0.287 e. The van der Waals surface area contributed by atoms with Gasteiger partial charge in [-0.3, -0.25) is 4.79 Å². The Kier molecular flexibility index (Phi) is 5.82. The number of para-hydroxylation sites is 1. The molecule has 0 atom stereocenters. The molecule has 0 saturated heterocycles. The molecular weight excluding hydrogens is 422 g/mol. The molecule has 162 valence electrons. The summed E-state index contributed by atoms with van der Waals surface area (Å²) in [5, 5.41) is 8.48. The number of benzene rings is 2. The normalized spacial score (nSPS) is 18.4. The second-order valence-electron chi connectivity index (χ2n) is 8.23. The lowest BCUT2D eigenvalue weighted by Crippen LogP contribution is -2.40. The minimum Gasteiger partial charge on any atom is -0.451 e. The van der Waals surface area contributed by atoms with E-state index >= 15 is 0 Å². The van der Waals surface area contributed by atoms with Crippen molar-refractivity contribution < 1.29 is 9.21 Å². The number of aromatic nitrogens is 1. The highest BCUT2D eigenvalue weighted by Gasteiger charge is 2.24. The highest BCUT2D eigenvalue weighted by atomic mass is 35.5. The Hall–Kier alpha value is -3.31. The van der Waals surface area contributed by atoms with Crippen molar-refractivity contribution >= 4 is 34.2 Å². The number of halogens is 1. The first-order chi connectivity index (χ1) is 15.6. The zero-order valence-corrected chi connectivity index (χ0v) is 18.3. The third-order valence-corrected chi connectivity index (χ3v) is 6.22. The molecule has 5 nitrogen and oxygen atoms in total. The molecule has 2 aromatic heterocycles. The fourth-order valence-corrected chi connectivity index (χ4v) is 4.35. The number of nitrogens with zero attached hydrogens (tertiary/aromatic N) is 1. The number of carbonyl (C=O) groups is 1. The molecule has 0 aliphatic heterocycles. The molecule has 0 radical (unpaired) electrons. The van der Waals surface area contributed by atoms with Crippen molar-refractivity contribution in [3.8, 4) is 11.3 Å². The molecule has 0 unspecified atom stereocenters. The molecule has 1 fully saturated rings. The maximum atomic E-state index is 12.7. The third kappa shape index (κ3) is 4.63. The van der Waals surface area contributed by atoms with Gasteiger partial charge in [0, 0.05) is 28.1 Å². The highest BCUT2D eigenvalue weighted by Crippen LogP contribution is 2.26. The van der Waals surface area contributed by atoms with Gasteiger partial charge < -0.3 is 15.1 Å². The van der Waals surface area contributed by atoms with E-state index in [4.69, 9.17) is 21.0 Å². The van der Waals surface area contributed by atoms with Gasteiger partial charge in [0.2, 0.25) is 0 Å². The van der Waals surface area contributed by atoms with E-state index in [1.807, 2.05) is 42.5 Å². The van der Waals surface area contributed by atoms with Crippen molar-refractivity contribution in [3.63, 3.8) is 0 Å². The van der Waals surface area contributed by atoms with Crippen molar-refractivity contribution in [1.82, 2.24) is 10.3 Å². The number of hydrogen-bond donors (Lipinski definition) is 2. The lowest BCUT2D eigenvalue weighted by atomic mass is 9.91. The van der Waals surface area contributed by atoms with Crippen molar-refractivity contribution in [2.24, 2.45) is 0 Å². The van der Waals surface area contributed by atoms with Gasteiger partial charge in [-0.15, -0.1) is 0 Å². The van der Waals surface area contributed by atoms with Gasteiger partial charge in [0.05, 0.1) is 5.52 Å². The van der Waals surface area contributed by atoms with Crippen LogP contribution in [0.4, 0.5) is 5.82 Å². The fourth-order valence-electron chi connectivity index (χ4n) is 4.22. The van der Waals surface area contributed by atoms with Crippen molar-refractivity contribution in [2.75, 3.05) is 5.32 Å². The smallest absolute Gasteiger partial charge is 0.287 e. The van der Waals surface area contributed by atoms with Crippen molar-refractivity contribution in [3.05, 3.63) is 83.6 Å². The third-order valence-electron chi connectivity index (χ3n) is 5.97. The molecule has 32 heavy (non-hydrogen) atoms. The summed E-state index contributed by atoms with van der Waals surface area (Å²) in [7, 11) is 0. The van der Waals surface area contributed by atoms with E-state index in [9.17, 15) is 4.79 Å². The zero-order chi connectivity index (χ0) is 21.9. The standard InChI is InChI=1S/C26H24ClN3O2/c27-19-8-5-18(6-9-19)23-14-15-24(32-23)26(31)29-21-12-10-20(11-13-21)28-25-16-7-17-3-1-2-4-22(17)30-25/h1-9,14-16,20-21H,10-13H2,(H,28,30)(H,29,31). The van der Waals surface area contributed by atoms with Gasteiger partial charge >= 0.3 is 0 Å². The molecule has 0 spiro atoms. The van der Waals surface area contributed by atoms with Crippen LogP contribution in [-0.4, -0.2) is 23.0 Å². The van der Waals surface area contributed by atoms with Crippen LogP contribution in [0.5, 0.6) is 0 Å². The largest absolute Gasteiger partial charge is 0.451 e. The van der Waals surface area contributed by atoms with E-state index in [1.165, 1.54) is 0 Å². The Morgan fingerprint density at radius 1 is 0.875 bits per heavy atom. The number of rotatable bonds is 5. The SMILES string of the molecule is O=C(NC1CCC(Nc2ccc3ccccc3n2)CC1)c1ccc(-c2ccc(Cl)cc2)o1. The topological polar surface area (TPSA) is 67.2 Å². The summed E-state index contributed by atoms with van der Waals surface area (Å²) in [5.41, 5.74) is 1.89. The Bertz CT molecular complexity index is 1230. The van der Waals surface area contributed by atoms with Gasteiger partial charge in [0.1, 0.15) is 11.6 Å². The van der Waals surface area contributed by atoms with E-state index in [-0.39, 0.29) is 11.9 Å². The van der Waals surface area contributed by atoms with Gasteiger partial charge in [0.15, 0.2) is 5.76 Å². The maximum absolute atomic E-state index is 12.7. The molecule has 1 amide bonds. The molecule has 0 bridgehead atoms. The molecular formula is C26H24ClN3O2. The number of pyridine rings is 1. The van der Waals surface area contributed by atoms with Crippen LogP contribution in [-0.2, 0) is 0 Å². The number of hydrogen-bond acceptors (Lipinski definition) is 4. The lowest BCUT2D eigenvalue weighted by molar-refractivity contribution is 0.0899. The second kappa shape index (κ2) is 9.05. The molecule has 1 aliphatic rings. The Morgan fingerprint density at radius 2 is 1.62 bits per heavy atom. The predicted molar refractivity (Wildman–Crippen MR) is 128 cm³/mol. The molecule has 1 saturated carbocycles. The van der Waals surface area contributed by atoms with Crippen LogP contribution in [0.2, 0.25) is 5.02 Å². The first kappa shape index (κ1) is 20.6. The van der Waals surface area contributed by atoms with E-state index < -0.39 is 0 Å². The monoisotopic (exact) mass is 445 g/mol. The minimum atomic E-state index is -0.169. The van der Waals surface area contributed by atoms with E-state index in [2.05, 4.69) is 22.8 Å². The van der Waals surface area contributed by atoms with Gasteiger partial charge in [0.25, 0.3) is 5.91 Å². The predicted octanol–water partition coefficient (Wildman–Crippen LogP) is 6.30. The molecule has 5 rings (SSSR count). The molecule has 2 aromatic carbocycles. The van der Waals surface area contributed by atoms with Gasteiger partial charge in [-0.05, 0) is 80.3 Å². The summed E-state index contributed by atoms with van der Waals surface area (Å²) in [6, 6.07) is 23.7. The first-order valence-corrected chi connectivity index (χ1v) is 11.3. The van der Waals surface area contributed by atoms with Crippen LogP contribution in [0, 0.1) is 0 Å². The summed E-state index contributed by atoms with van der Waals surface area (Å²) in [6.45, 7) is 0.